The van der Waals surface area contributed by atoms with Gasteiger partial charge in [0.25, 0.3) is 0 Å². The molecule has 2 aromatic heterocycles. The Kier molecular flexibility index (Phi) is 5.87. The summed E-state index contributed by atoms with van der Waals surface area (Å²) in [6, 6.07) is 63.0. The van der Waals surface area contributed by atoms with Crippen molar-refractivity contribution in [1.29, 1.82) is 0 Å². The Bertz CT molecular complexity index is 2820. The molecule has 0 radical (unpaired) electrons. The summed E-state index contributed by atoms with van der Waals surface area (Å²) in [5.41, 5.74) is 10.2. The van der Waals surface area contributed by atoms with Gasteiger partial charge in [0.1, 0.15) is 5.82 Å². The van der Waals surface area contributed by atoms with E-state index in [0.717, 1.165) is 33.7 Å². The first kappa shape index (κ1) is 26.7. The zero-order chi connectivity index (χ0) is 31.6. The van der Waals surface area contributed by atoms with E-state index in [1.165, 1.54) is 54.6 Å². The summed E-state index contributed by atoms with van der Waals surface area (Å²) in [7, 11) is 0. The Hall–Kier alpha value is -6.45. The molecule has 0 N–H and O–H groups in total. The molecule has 0 aliphatic carbocycles. The highest BCUT2D eigenvalue weighted by atomic mass is 15.1. The average molecular weight is 612 g/mol. The van der Waals surface area contributed by atoms with Crippen molar-refractivity contribution in [2.75, 3.05) is 0 Å². The fourth-order valence-corrected chi connectivity index (χ4v) is 7.57. The molecule has 3 heteroatoms. The molecule has 48 heavy (non-hydrogen) atoms. The van der Waals surface area contributed by atoms with Gasteiger partial charge in [-0.25, -0.2) is 4.98 Å². The number of aromatic nitrogens is 3. The molecule has 2 heterocycles. The van der Waals surface area contributed by atoms with Crippen molar-refractivity contribution >= 4 is 54.4 Å². The third-order valence-corrected chi connectivity index (χ3v) is 9.69. The number of hydrogen-bond acceptors (Lipinski definition) is 1. The van der Waals surface area contributed by atoms with Gasteiger partial charge >= 0.3 is 0 Å². The van der Waals surface area contributed by atoms with Gasteiger partial charge < -0.3 is 4.57 Å². The Morgan fingerprint density at radius 3 is 1.69 bits per heavy atom. The van der Waals surface area contributed by atoms with Crippen molar-refractivity contribution in [3.63, 3.8) is 0 Å². The van der Waals surface area contributed by atoms with E-state index in [-0.39, 0.29) is 0 Å². The molecular formula is C45H29N3. The van der Waals surface area contributed by atoms with E-state index < -0.39 is 0 Å². The van der Waals surface area contributed by atoms with Crippen molar-refractivity contribution in [2.24, 2.45) is 0 Å². The third-order valence-electron chi connectivity index (χ3n) is 9.69. The second-order valence-corrected chi connectivity index (χ2v) is 12.4. The first-order valence-corrected chi connectivity index (χ1v) is 16.4. The highest BCUT2D eigenvalue weighted by Crippen LogP contribution is 2.40. The molecule has 10 aromatic rings. The fraction of sp³-hybridized carbons (Fsp3) is 0. The van der Waals surface area contributed by atoms with E-state index in [4.69, 9.17) is 4.98 Å². The molecule has 10 rings (SSSR count). The Balaban J connectivity index is 1.23. The fourth-order valence-electron chi connectivity index (χ4n) is 7.57. The molecule has 0 spiro atoms. The van der Waals surface area contributed by atoms with Gasteiger partial charge in [-0.3, -0.25) is 4.57 Å². The van der Waals surface area contributed by atoms with Gasteiger partial charge in [0.15, 0.2) is 0 Å². The van der Waals surface area contributed by atoms with Crippen LogP contribution >= 0.6 is 0 Å². The van der Waals surface area contributed by atoms with Gasteiger partial charge in [-0.15, -0.1) is 0 Å². The first-order valence-electron chi connectivity index (χ1n) is 16.4. The first-order chi connectivity index (χ1) is 23.8. The molecule has 0 atom stereocenters. The molecule has 0 unspecified atom stereocenters. The number of rotatable bonds is 4. The van der Waals surface area contributed by atoms with Gasteiger partial charge in [-0.2, -0.15) is 0 Å². The smallest absolute Gasteiger partial charge is 0.145 e. The Morgan fingerprint density at radius 2 is 0.896 bits per heavy atom. The maximum Gasteiger partial charge on any atom is 0.145 e. The minimum atomic E-state index is 0.936. The molecule has 3 nitrogen and oxygen atoms in total. The van der Waals surface area contributed by atoms with Gasteiger partial charge in [0, 0.05) is 38.5 Å². The summed E-state index contributed by atoms with van der Waals surface area (Å²) in [6.07, 6.45) is 0. The number of benzene rings is 8. The lowest BCUT2D eigenvalue weighted by molar-refractivity contribution is 1.11. The molecule has 0 saturated heterocycles. The Labute approximate surface area is 277 Å². The van der Waals surface area contributed by atoms with Crippen LogP contribution in [0.25, 0.3) is 88.3 Å². The van der Waals surface area contributed by atoms with E-state index in [1.54, 1.807) is 0 Å². The standard InChI is InChI=1S/C45H29N3/c1-3-14-30(15-4-1)45-46-43-38-23-9-7-20-35(38)36-21-8-10-24-39(36)44(43)48(45)34-19-13-16-31(28-34)32-26-27-42-40(29-32)37-22-11-12-25-41(37)47(42)33-17-5-2-6-18-33/h1-29H. The van der Waals surface area contributed by atoms with E-state index in [0.29, 0.717) is 0 Å². The van der Waals surface area contributed by atoms with Gasteiger partial charge in [-0.1, -0.05) is 133 Å². The predicted molar refractivity (Wildman–Crippen MR) is 201 cm³/mol. The van der Waals surface area contributed by atoms with Crippen LogP contribution in [0.15, 0.2) is 176 Å². The molecule has 0 aliphatic rings. The zero-order valence-electron chi connectivity index (χ0n) is 26.1. The maximum atomic E-state index is 5.41. The number of para-hydroxylation sites is 2. The highest BCUT2D eigenvalue weighted by molar-refractivity contribution is 6.24. The van der Waals surface area contributed by atoms with Crippen molar-refractivity contribution in [3.8, 4) is 33.9 Å². The molecular weight excluding hydrogens is 583 g/mol. The monoisotopic (exact) mass is 611 g/mol. The van der Waals surface area contributed by atoms with Crippen LogP contribution in [0.4, 0.5) is 0 Å². The van der Waals surface area contributed by atoms with Gasteiger partial charge in [0.05, 0.1) is 22.1 Å². The second-order valence-electron chi connectivity index (χ2n) is 12.4. The van der Waals surface area contributed by atoms with Crippen LogP contribution in [0.2, 0.25) is 0 Å². The lowest BCUT2D eigenvalue weighted by atomic mass is 9.99. The van der Waals surface area contributed by atoms with Crippen LogP contribution in [0, 0.1) is 0 Å². The van der Waals surface area contributed by atoms with Gasteiger partial charge in [-0.05, 0) is 64.4 Å². The normalized spacial score (nSPS) is 11.8. The van der Waals surface area contributed by atoms with Crippen LogP contribution in [0.5, 0.6) is 0 Å². The van der Waals surface area contributed by atoms with Crippen molar-refractivity contribution < 1.29 is 0 Å². The van der Waals surface area contributed by atoms with Crippen molar-refractivity contribution in [1.82, 2.24) is 14.1 Å². The van der Waals surface area contributed by atoms with E-state index in [1.807, 2.05) is 0 Å². The van der Waals surface area contributed by atoms with E-state index >= 15 is 0 Å². The van der Waals surface area contributed by atoms with Crippen LogP contribution in [0.1, 0.15) is 0 Å². The number of imidazole rings is 1. The molecule has 0 amide bonds. The minimum Gasteiger partial charge on any atom is -0.309 e. The maximum absolute atomic E-state index is 5.41. The molecule has 8 aromatic carbocycles. The summed E-state index contributed by atoms with van der Waals surface area (Å²) in [4.78, 5) is 5.41. The van der Waals surface area contributed by atoms with E-state index in [2.05, 4.69) is 185 Å². The molecule has 0 bridgehead atoms. The van der Waals surface area contributed by atoms with Crippen LogP contribution in [0.3, 0.4) is 0 Å². The molecule has 0 aliphatic heterocycles. The molecule has 0 fully saturated rings. The van der Waals surface area contributed by atoms with Crippen LogP contribution < -0.4 is 0 Å². The van der Waals surface area contributed by atoms with E-state index in [9.17, 15) is 0 Å². The van der Waals surface area contributed by atoms with Crippen LogP contribution in [-0.2, 0) is 0 Å². The Morgan fingerprint density at radius 1 is 0.333 bits per heavy atom. The molecule has 224 valence electrons. The topological polar surface area (TPSA) is 22.8 Å². The van der Waals surface area contributed by atoms with Crippen molar-refractivity contribution in [3.05, 3.63) is 176 Å². The van der Waals surface area contributed by atoms with Crippen LogP contribution in [-0.4, -0.2) is 14.1 Å². The van der Waals surface area contributed by atoms with Gasteiger partial charge in [0.2, 0.25) is 0 Å². The van der Waals surface area contributed by atoms with Crippen molar-refractivity contribution in [2.45, 2.75) is 0 Å². The summed E-state index contributed by atoms with van der Waals surface area (Å²) < 4.78 is 4.73. The largest absolute Gasteiger partial charge is 0.309 e. The summed E-state index contributed by atoms with van der Waals surface area (Å²) in [5, 5.41) is 7.31. The number of nitrogens with zero attached hydrogens (tertiary/aromatic N) is 3. The highest BCUT2D eigenvalue weighted by Gasteiger charge is 2.20. The SMILES string of the molecule is c1ccc(-c2nc3c4ccccc4c4ccccc4c3n2-c2cccc(-c3ccc4c(c3)c3ccccc3n4-c3ccccc3)c2)cc1. The zero-order valence-corrected chi connectivity index (χ0v) is 26.1. The minimum absolute atomic E-state index is 0.936. The molecule has 0 saturated carbocycles. The lowest BCUT2D eigenvalue weighted by Crippen LogP contribution is -1.98. The summed E-state index contributed by atoms with van der Waals surface area (Å²) in [5.74, 6) is 0.936. The lowest BCUT2D eigenvalue weighted by Gasteiger charge is -2.14. The number of hydrogen-bond donors (Lipinski definition) is 0. The summed E-state index contributed by atoms with van der Waals surface area (Å²) >= 11 is 0. The third kappa shape index (κ3) is 3.98. The average Bonchev–Trinajstić information content (AvgIpc) is 3.73. The second kappa shape index (κ2) is 10.5. The quantitative estimate of drug-likeness (QED) is 0.182. The predicted octanol–water partition coefficient (Wildman–Crippen LogP) is 11.8. The number of fused-ring (bicyclic) bond motifs is 9. The summed E-state index contributed by atoms with van der Waals surface area (Å²) in [6.45, 7) is 0.